The lowest BCUT2D eigenvalue weighted by molar-refractivity contribution is -0.128. The molecule has 1 saturated heterocycles. The van der Waals surface area contributed by atoms with Crippen molar-refractivity contribution in [2.24, 2.45) is 0 Å². The molecule has 0 aromatic heterocycles. The lowest BCUT2D eigenvalue weighted by atomic mass is 10.1. The Morgan fingerprint density at radius 1 is 1.33 bits per heavy atom. The van der Waals surface area contributed by atoms with Crippen molar-refractivity contribution < 1.29 is 19.1 Å². The van der Waals surface area contributed by atoms with Crippen molar-refractivity contribution >= 4 is 23.2 Å². The van der Waals surface area contributed by atoms with E-state index < -0.39 is 17.8 Å². The molecule has 112 valence electrons. The number of amides is 2. The Morgan fingerprint density at radius 2 is 2.10 bits per heavy atom. The van der Waals surface area contributed by atoms with Crippen LogP contribution in [0.1, 0.15) is 18.1 Å². The first kappa shape index (κ1) is 13.8. The minimum atomic E-state index is -1.33. The number of nitrogens with zero attached hydrogens (tertiary/aromatic N) is 2. The Labute approximate surface area is 121 Å². The van der Waals surface area contributed by atoms with Gasteiger partial charge in [-0.05, 0) is 18.6 Å². The van der Waals surface area contributed by atoms with Crippen LogP contribution in [0, 0.1) is 5.82 Å². The van der Waals surface area contributed by atoms with Crippen molar-refractivity contribution in [2.45, 2.75) is 12.5 Å². The maximum Gasteiger partial charge on any atom is 0.257 e. The minimum absolute atomic E-state index is 0.0727. The van der Waals surface area contributed by atoms with Crippen LogP contribution in [0.15, 0.2) is 12.1 Å². The third-order valence-electron chi connectivity index (χ3n) is 3.93. The highest BCUT2D eigenvalue weighted by Gasteiger charge is 2.31. The summed E-state index contributed by atoms with van der Waals surface area (Å²) in [6.07, 6.45) is -0.589. The molecule has 0 saturated carbocycles. The number of rotatable bonds is 1. The second-order valence-electron chi connectivity index (χ2n) is 5.37. The van der Waals surface area contributed by atoms with Crippen molar-refractivity contribution in [1.29, 1.82) is 0 Å². The number of aliphatic hydroxyl groups excluding tert-OH is 1. The average Bonchev–Trinajstić information content (AvgIpc) is 2.61. The molecule has 2 heterocycles. The third-order valence-corrected chi connectivity index (χ3v) is 3.93. The SMILES string of the molecule is CN1CCCN(c2cc3c(cc2F)C(O)C(=O)N3)CC1=O. The molecule has 2 amide bonds. The Bertz CT molecular complexity index is 620. The molecule has 6 nitrogen and oxygen atoms in total. The van der Waals surface area contributed by atoms with E-state index in [9.17, 15) is 19.1 Å². The number of fused-ring (bicyclic) bond motifs is 1. The predicted octanol–water partition coefficient (Wildman–Crippen LogP) is 0.480. The molecular formula is C14H16FN3O3. The van der Waals surface area contributed by atoms with E-state index in [1.54, 1.807) is 16.8 Å². The van der Waals surface area contributed by atoms with Crippen LogP contribution in [0.5, 0.6) is 0 Å². The zero-order chi connectivity index (χ0) is 15.1. The fraction of sp³-hybridized carbons (Fsp3) is 0.429. The van der Waals surface area contributed by atoms with Crippen molar-refractivity contribution in [3.63, 3.8) is 0 Å². The lowest BCUT2D eigenvalue weighted by Crippen LogP contribution is -2.34. The van der Waals surface area contributed by atoms with Crippen molar-refractivity contribution in [1.82, 2.24) is 4.90 Å². The van der Waals surface area contributed by atoms with Gasteiger partial charge in [-0.15, -0.1) is 0 Å². The largest absolute Gasteiger partial charge is 0.378 e. The zero-order valence-corrected chi connectivity index (χ0v) is 11.6. The van der Waals surface area contributed by atoms with Gasteiger partial charge in [0.05, 0.1) is 12.2 Å². The molecule has 0 aliphatic carbocycles. The van der Waals surface area contributed by atoms with Crippen molar-refractivity contribution in [2.75, 3.05) is 36.9 Å². The van der Waals surface area contributed by atoms with Crippen LogP contribution in [-0.2, 0) is 9.59 Å². The number of carbonyl (C=O) groups excluding carboxylic acids is 2. The molecule has 0 bridgehead atoms. The summed E-state index contributed by atoms with van der Waals surface area (Å²) in [5.41, 5.74) is 0.903. The Morgan fingerprint density at radius 3 is 2.86 bits per heavy atom. The van der Waals surface area contributed by atoms with Gasteiger partial charge in [-0.2, -0.15) is 0 Å². The van der Waals surface area contributed by atoms with Crippen LogP contribution in [0.25, 0.3) is 0 Å². The average molecular weight is 293 g/mol. The molecule has 0 radical (unpaired) electrons. The topological polar surface area (TPSA) is 72.9 Å². The monoisotopic (exact) mass is 293 g/mol. The highest BCUT2D eigenvalue weighted by molar-refractivity contribution is 6.02. The first-order valence-corrected chi connectivity index (χ1v) is 6.78. The summed E-state index contributed by atoms with van der Waals surface area (Å²) >= 11 is 0. The number of halogens is 1. The molecule has 1 unspecified atom stereocenters. The van der Waals surface area contributed by atoms with Gasteiger partial charge >= 0.3 is 0 Å². The van der Waals surface area contributed by atoms with Gasteiger partial charge in [0.1, 0.15) is 5.82 Å². The second kappa shape index (κ2) is 5.00. The molecule has 1 aromatic carbocycles. The molecule has 3 rings (SSSR count). The predicted molar refractivity (Wildman–Crippen MR) is 74.5 cm³/mol. The van der Waals surface area contributed by atoms with Crippen LogP contribution in [0.4, 0.5) is 15.8 Å². The second-order valence-corrected chi connectivity index (χ2v) is 5.37. The van der Waals surface area contributed by atoms with E-state index in [4.69, 9.17) is 0 Å². The lowest BCUT2D eigenvalue weighted by Gasteiger charge is -2.23. The van der Waals surface area contributed by atoms with Gasteiger partial charge in [-0.1, -0.05) is 0 Å². The van der Waals surface area contributed by atoms with Gasteiger partial charge in [-0.3, -0.25) is 9.59 Å². The number of carbonyl (C=O) groups is 2. The highest BCUT2D eigenvalue weighted by atomic mass is 19.1. The van der Waals surface area contributed by atoms with E-state index in [1.807, 2.05) is 0 Å². The van der Waals surface area contributed by atoms with E-state index in [1.165, 1.54) is 6.07 Å². The molecule has 0 spiro atoms. The first-order chi connectivity index (χ1) is 9.97. The van der Waals surface area contributed by atoms with Crippen LogP contribution in [-0.4, -0.2) is 48.5 Å². The van der Waals surface area contributed by atoms with Crippen LogP contribution in [0.3, 0.4) is 0 Å². The number of benzene rings is 1. The van der Waals surface area contributed by atoms with E-state index >= 15 is 0 Å². The Hall–Kier alpha value is -2.15. The molecule has 1 atom stereocenters. The summed E-state index contributed by atoms with van der Waals surface area (Å²) in [6.45, 7) is 1.29. The number of anilines is 2. The number of aliphatic hydroxyl groups is 1. The van der Waals surface area contributed by atoms with Crippen LogP contribution in [0.2, 0.25) is 0 Å². The summed E-state index contributed by atoms with van der Waals surface area (Å²) < 4.78 is 14.3. The first-order valence-electron chi connectivity index (χ1n) is 6.78. The van der Waals surface area contributed by atoms with Gasteiger partial charge in [-0.25, -0.2) is 4.39 Å². The van der Waals surface area contributed by atoms with E-state index in [2.05, 4.69) is 5.32 Å². The summed E-state index contributed by atoms with van der Waals surface area (Å²) in [6, 6.07) is 2.64. The Balaban J connectivity index is 1.95. The van der Waals surface area contributed by atoms with Gasteiger partial charge < -0.3 is 20.2 Å². The molecule has 7 heteroatoms. The maximum atomic E-state index is 14.3. The molecule has 1 fully saturated rings. The van der Waals surface area contributed by atoms with Crippen molar-refractivity contribution in [3.05, 3.63) is 23.5 Å². The smallest absolute Gasteiger partial charge is 0.257 e. The standard InChI is InChI=1S/C14H16FN3O3/c1-17-3-2-4-18(7-12(17)19)11-6-10-8(5-9(11)15)13(20)14(21)16-10/h5-6,13,20H,2-4,7H2,1H3,(H,16,21). The fourth-order valence-electron chi connectivity index (χ4n) is 2.69. The summed E-state index contributed by atoms with van der Waals surface area (Å²) in [4.78, 5) is 26.6. The maximum absolute atomic E-state index is 14.3. The number of hydrogen-bond donors (Lipinski definition) is 2. The van der Waals surface area contributed by atoms with Crippen molar-refractivity contribution in [3.8, 4) is 0 Å². The molecule has 2 aliphatic rings. The van der Waals surface area contributed by atoms with Gasteiger partial charge in [0.2, 0.25) is 5.91 Å². The molecule has 2 aliphatic heterocycles. The summed E-state index contributed by atoms with van der Waals surface area (Å²) in [5.74, 6) is -1.17. The van der Waals surface area contributed by atoms with Gasteiger partial charge in [0, 0.05) is 31.4 Å². The molecule has 2 N–H and O–H groups in total. The zero-order valence-electron chi connectivity index (χ0n) is 11.6. The fourth-order valence-corrected chi connectivity index (χ4v) is 2.69. The number of hydrogen-bond acceptors (Lipinski definition) is 4. The minimum Gasteiger partial charge on any atom is -0.378 e. The summed E-state index contributed by atoms with van der Waals surface area (Å²) in [5, 5.41) is 12.2. The van der Waals surface area contributed by atoms with Crippen LogP contribution < -0.4 is 10.2 Å². The highest BCUT2D eigenvalue weighted by Crippen LogP contribution is 2.36. The summed E-state index contributed by atoms with van der Waals surface area (Å²) in [7, 11) is 1.72. The number of likely N-dealkylation sites (N-methyl/N-ethyl adjacent to an activating group) is 1. The third kappa shape index (κ3) is 2.33. The number of nitrogens with one attached hydrogen (secondary N) is 1. The normalized spacial score (nSPS) is 22.1. The van der Waals surface area contributed by atoms with E-state index in [0.29, 0.717) is 18.8 Å². The molecule has 21 heavy (non-hydrogen) atoms. The molecular weight excluding hydrogens is 277 g/mol. The van der Waals surface area contributed by atoms with Crippen LogP contribution >= 0.6 is 0 Å². The molecule has 1 aromatic rings. The van der Waals surface area contributed by atoms with E-state index in [-0.39, 0.29) is 23.7 Å². The Kier molecular flexibility index (Phi) is 3.29. The van der Waals surface area contributed by atoms with Gasteiger partial charge in [0.25, 0.3) is 5.91 Å². The quantitative estimate of drug-likeness (QED) is 0.790. The van der Waals surface area contributed by atoms with Gasteiger partial charge in [0.15, 0.2) is 6.10 Å². The van der Waals surface area contributed by atoms with E-state index in [0.717, 1.165) is 12.5 Å².